The van der Waals surface area contributed by atoms with Crippen LogP contribution in [0.5, 0.6) is 5.75 Å². The van der Waals surface area contributed by atoms with Crippen LogP contribution >= 0.6 is 0 Å². The summed E-state index contributed by atoms with van der Waals surface area (Å²) >= 11 is 0. The van der Waals surface area contributed by atoms with E-state index in [0.29, 0.717) is 11.0 Å². The van der Waals surface area contributed by atoms with Crippen molar-refractivity contribution >= 4 is 16.8 Å². The van der Waals surface area contributed by atoms with Gasteiger partial charge in [-0.05, 0) is 25.1 Å². The highest BCUT2D eigenvalue weighted by Gasteiger charge is 2.22. The highest BCUT2D eigenvalue weighted by molar-refractivity contribution is 6.00. The Balaban J connectivity index is 2.49. The van der Waals surface area contributed by atoms with E-state index in [4.69, 9.17) is 9.52 Å². The molecule has 1 heterocycles. The highest BCUT2D eigenvalue weighted by Crippen LogP contribution is 2.31. The van der Waals surface area contributed by atoms with Gasteiger partial charge in [0.2, 0.25) is 0 Å². The van der Waals surface area contributed by atoms with Gasteiger partial charge >= 0.3 is 0 Å². The van der Waals surface area contributed by atoms with E-state index < -0.39 is 18.8 Å². The molecule has 0 amide bonds. The standard InChI is InChI=1S/C13H14O6/c1-6(15)8-4-11-7(2-9(8)16)3-12(19-11)13(18)10(17)5-14/h2-4,10,13-14,16-18H,5H2,1H3. The van der Waals surface area contributed by atoms with E-state index in [0.717, 1.165) is 0 Å². The molecule has 0 fully saturated rings. The Bertz CT molecular complexity index is 615. The minimum atomic E-state index is -1.37. The van der Waals surface area contributed by atoms with Crippen LogP contribution in [0.1, 0.15) is 29.1 Å². The quantitative estimate of drug-likeness (QED) is 0.607. The molecular formula is C13H14O6. The first-order valence-electron chi connectivity index (χ1n) is 5.68. The monoisotopic (exact) mass is 266 g/mol. The Morgan fingerprint density at radius 1 is 1.32 bits per heavy atom. The van der Waals surface area contributed by atoms with Crippen LogP contribution in [0.4, 0.5) is 0 Å². The molecule has 2 rings (SSSR count). The number of phenolic OH excluding ortho intramolecular Hbond substituents is 1. The molecule has 1 aromatic heterocycles. The SMILES string of the molecule is CC(=O)c1cc2oc(C(O)C(O)CO)cc2cc1O. The van der Waals surface area contributed by atoms with E-state index in [1.165, 1.54) is 25.1 Å². The van der Waals surface area contributed by atoms with Gasteiger partial charge in [-0.3, -0.25) is 4.79 Å². The summed E-state index contributed by atoms with van der Waals surface area (Å²) in [5.41, 5.74) is 0.424. The Morgan fingerprint density at radius 3 is 2.58 bits per heavy atom. The molecule has 0 bridgehead atoms. The van der Waals surface area contributed by atoms with E-state index in [2.05, 4.69) is 0 Å². The molecule has 0 saturated heterocycles. The maximum Gasteiger partial charge on any atom is 0.163 e. The first-order valence-corrected chi connectivity index (χ1v) is 5.68. The van der Waals surface area contributed by atoms with Gasteiger partial charge in [0, 0.05) is 5.39 Å². The van der Waals surface area contributed by atoms with E-state index in [1.807, 2.05) is 0 Å². The third-order valence-electron chi connectivity index (χ3n) is 2.88. The van der Waals surface area contributed by atoms with Crippen molar-refractivity contribution in [3.8, 4) is 5.75 Å². The number of ketones is 1. The van der Waals surface area contributed by atoms with E-state index in [1.54, 1.807) is 0 Å². The molecule has 19 heavy (non-hydrogen) atoms. The maximum atomic E-state index is 11.3. The molecule has 0 aliphatic heterocycles. The molecule has 0 saturated carbocycles. The fraction of sp³-hybridized carbons (Fsp3) is 0.308. The van der Waals surface area contributed by atoms with Crippen LogP contribution in [-0.2, 0) is 0 Å². The number of aliphatic hydroxyl groups is 3. The zero-order valence-electron chi connectivity index (χ0n) is 10.2. The van der Waals surface area contributed by atoms with Crippen LogP contribution in [0.15, 0.2) is 22.6 Å². The molecule has 0 spiro atoms. The molecule has 6 nitrogen and oxygen atoms in total. The number of hydrogen-bond donors (Lipinski definition) is 4. The zero-order valence-corrected chi connectivity index (χ0v) is 10.2. The van der Waals surface area contributed by atoms with Gasteiger partial charge in [-0.2, -0.15) is 0 Å². The lowest BCUT2D eigenvalue weighted by atomic mass is 10.1. The average Bonchev–Trinajstić information content (AvgIpc) is 2.78. The molecule has 4 N–H and O–H groups in total. The van der Waals surface area contributed by atoms with Crippen molar-refractivity contribution in [2.24, 2.45) is 0 Å². The van der Waals surface area contributed by atoms with E-state index >= 15 is 0 Å². The number of hydrogen-bond acceptors (Lipinski definition) is 6. The first-order chi connectivity index (χ1) is 8.93. The molecule has 0 aliphatic carbocycles. The number of carbonyl (C=O) groups excluding carboxylic acids is 1. The van der Waals surface area contributed by atoms with Gasteiger partial charge < -0.3 is 24.8 Å². The number of Topliss-reactive ketones (excluding diaryl/α,β-unsaturated/α-hetero) is 1. The van der Waals surface area contributed by atoms with Crippen LogP contribution in [0.2, 0.25) is 0 Å². The molecule has 0 aliphatic rings. The minimum Gasteiger partial charge on any atom is -0.507 e. The Kier molecular flexibility index (Phi) is 3.57. The zero-order chi connectivity index (χ0) is 14.2. The topological polar surface area (TPSA) is 111 Å². The molecule has 2 atom stereocenters. The highest BCUT2D eigenvalue weighted by atomic mass is 16.4. The molecule has 102 valence electrons. The van der Waals surface area contributed by atoms with Crippen molar-refractivity contribution in [2.75, 3.05) is 6.61 Å². The Labute approximate surface area is 108 Å². The van der Waals surface area contributed by atoms with Crippen molar-refractivity contribution in [1.82, 2.24) is 0 Å². The first kappa shape index (κ1) is 13.5. The van der Waals surface area contributed by atoms with Gasteiger partial charge in [-0.1, -0.05) is 0 Å². The third kappa shape index (κ3) is 2.46. The van der Waals surface area contributed by atoms with E-state index in [-0.39, 0.29) is 22.9 Å². The van der Waals surface area contributed by atoms with Crippen LogP contribution in [0.3, 0.4) is 0 Å². The van der Waals surface area contributed by atoms with Gasteiger partial charge in [-0.25, -0.2) is 0 Å². The average molecular weight is 266 g/mol. The van der Waals surface area contributed by atoms with Crippen molar-refractivity contribution in [1.29, 1.82) is 0 Å². The number of rotatable bonds is 4. The number of benzene rings is 1. The van der Waals surface area contributed by atoms with Crippen LogP contribution in [0.25, 0.3) is 11.0 Å². The number of aliphatic hydroxyl groups excluding tert-OH is 3. The largest absolute Gasteiger partial charge is 0.507 e. The summed E-state index contributed by atoms with van der Waals surface area (Å²) in [4.78, 5) is 11.3. The number of fused-ring (bicyclic) bond motifs is 1. The molecule has 6 heteroatoms. The molecule has 2 unspecified atom stereocenters. The summed E-state index contributed by atoms with van der Waals surface area (Å²) in [6.07, 6.45) is -2.73. The second-order valence-electron chi connectivity index (χ2n) is 4.31. The number of phenols is 1. The smallest absolute Gasteiger partial charge is 0.163 e. The molecule has 2 aromatic rings. The lowest BCUT2D eigenvalue weighted by Gasteiger charge is -2.12. The molecule has 0 radical (unpaired) electrons. The summed E-state index contributed by atoms with van der Waals surface area (Å²) in [5.74, 6) is -0.436. The predicted octanol–water partition coefficient (Wildman–Crippen LogP) is 0.728. The van der Waals surface area contributed by atoms with Crippen molar-refractivity contribution in [2.45, 2.75) is 19.1 Å². The lowest BCUT2D eigenvalue weighted by molar-refractivity contribution is -0.0245. The fourth-order valence-corrected chi connectivity index (χ4v) is 1.81. The van der Waals surface area contributed by atoms with Crippen molar-refractivity contribution in [3.63, 3.8) is 0 Å². The van der Waals surface area contributed by atoms with Gasteiger partial charge in [0.15, 0.2) is 5.78 Å². The fourth-order valence-electron chi connectivity index (χ4n) is 1.81. The Hall–Kier alpha value is -1.89. The summed E-state index contributed by atoms with van der Waals surface area (Å²) in [7, 11) is 0. The van der Waals surface area contributed by atoms with Crippen LogP contribution in [-0.4, -0.2) is 38.9 Å². The molecular weight excluding hydrogens is 252 g/mol. The van der Waals surface area contributed by atoms with Crippen molar-refractivity contribution in [3.05, 3.63) is 29.5 Å². The van der Waals surface area contributed by atoms with Crippen LogP contribution in [0, 0.1) is 0 Å². The van der Waals surface area contributed by atoms with Gasteiger partial charge in [0.25, 0.3) is 0 Å². The Morgan fingerprint density at radius 2 is 2.00 bits per heavy atom. The normalized spacial score (nSPS) is 14.5. The van der Waals surface area contributed by atoms with E-state index in [9.17, 15) is 20.1 Å². The van der Waals surface area contributed by atoms with Gasteiger partial charge in [0.05, 0.1) is 12.2 Å². The molecule has 1 aromatic carbocycles. The van der Waals surface area contributed by atoms with Crippen LogP contribution < -0.4 is 0 Å². The minimum absolute atomic E-state index is 0.0525. The van der Waals surface area contributed by atoms with Gasteiger partial charge in [0.1, 0.15) is 29.3 Å². The summed E-state index contributed by atoms with van der Waals surface area (Å²) in [6, 6.07) is 4.15. The summed E-state index contributed by atoms with van der Waals surface area (Å²) in [6.45, 7) is 0.706. The third-order valence-corrected chi connectivity index (χ3v) is 2.88. The second kappa shape index (κ2) is 5.00. The number of carbonyl (C=O) groups is 1. The second-order valence-corrected chi connectivity index (χ2v) is 4.31. The predicted molar refractivity (Wildman–Crippen MR) is 65.9 cm³/mol. The number of aromatic hydroxyl groups is 1. The van der Waals surface area contributed by atoms with Crippen molar-refractivity contribution < 1.29 is 29.6 Å². The van der Waals surface area contributed by atoms with Gasteiger partial charge in [-0.15, -0.1) is 0 Å². The number of furan rings is 1. The lowest BCUT2D eigenvalue weighted by Crippen LogP contribution is -2.21. The summed E-state index contributed by atoms with van der Waals surface area (Å²) in [5, 5.41) is 38.0. The maximum absolute atomic E-state index is 11.3. The summed E-state index contributed by atoms with van der Waals surface area (Å²) < 4.78 is 5.31.